The smallest absolute Gasteiger partial charge is 0.0595 e. The summed E-state index contributed by atoms with van der Waals surface area (Å²) in [4.78, 5) is 2.46. The number of methoxy groups -OCH3 is 1. The molecule has 4 unspecified atom stereocenters. The van der Waals surface area contributed by atoms with E-state index in [1.54, 1.807) is 7.11 Å². The van der Waals surface area contributed by atoms with Gasteiger partial charge in [0.05, 0.1) is 16.9 Å². The Morgan fingerprint density at radius 2 is 1.79 bits per heavy atom. The highest BCUT2D eigenvalue weighted by molar-refractivity contribution is 6.30. The Labute approximate surface area is 126 Å². The maximum atomic E-state index is 10.1. The molecule has 4 atom stereocenters. The van der Waals surface area contributed by atoms with E-state index in [1.807, 2.05) is 0 Å². The lowest BCUT2D eigenvalue weighted by Crippen LogP contribution is -2.45. The Morgan fingerprint density at radius 3 is 2.42 bits per heavy atom. The van der Waals surface area contributed by atoms with Gasteiger partial charge in [0.15, 0.2) is 0 Å². The van der Waals surface area contributed by atoms with Crippen LogP contribution in [-0.4, -0.2) is 60.2 Å². The second-order valence-corrected chi connectivity index (χ2v) is 7.15. The van der Waals surface area contributed by atoms with Gasteiger partial charge in [-0.25, -0.2) is 0 Å². The van der Waals surface area contributed by atoms with E-state index in [0.717, 1.165) is 32.7 Å². The summed E-state index contributed by atoms with van der Waals surface area (Å²) >= 11 is 12.3. The Morgan fingerprint density at radius 1 is 1.16 bits per heavy atom. The maximum Gasteiger partial charge on any atom is 0.0595 e. The van der Waals surface area contributed by atoms with Crippen molar-refractivity contribution in [3.63, 3.8) is 0 Å². The zero-order valence-electron chi connectivity index (χ0n) is 11.6. The van der Waals surface area contributed by atoms with Crippen LogP contribution < -0.4 is 0 Å². The van der Waals surface area contributed by atoms with Crippen molar-refractivity contribution in [2.24, 2.45) is 11.8 Å². The summed E-state index contributed by atoms with van der Waals surface area (Å²) < 4.78 is 5.22. The Bertz CT molecular complexity index is 272. The SMILES string of the molecule is COCC1CCN(CC2CC(Cl)C(Cl)CC2O)CC1. The molecule has 0 radical (unpaired) electrons. The highest BCUT2D eigenvalue weighted by Crippen LogP contribution is 2.33. The van der Waals surface area contributed by atoms with Gasteiger partial charge in [-0.1, -0.05) is 0 Å². The van der Waals surface area contributed by atoms with Gasteiger partial charge in [-0.15, -0.1) is 23.2 Å². The molecule has 0 aromatic carbocycles. The van der Waals surface area contributed by atoms with Gasteiger partial charge < -0.3 is 14.7 Å². The van der Waals surface area contributed by atoms with Gasteiger partial charge in [0.2, 0.25) is 0 Å². The van der Waals surface area contributed by atoms with Crippen LogP contribution in [0.3, 0.4) is 0 Å². The highest BCUT2D eigenvalue weighted by Gasteiger charge is 2.35. The van der Waals surface area contributed by atoms with Crippen LogP contribution in [0.1, 0.15) is 25.7 Å². The van der Waals surface area contributed by atoms with Crippen molar-refractivity contribution in [2.75, 3.05) is 33.4 Å². The Kier molecular flexibility index (Phi) is 6.22. The molecule has 5 heteroatoms. The summed E-state index contributed by atoms with van der Waals surface area (Å²) in [5, 5.41) is 10.1. The summed E-state index contributed by atoms with van der Waals surface area (Å²) in [5.74, 6) is 0.974. The molecule has 1 saturated carbocycles. The zero-order chi connectivity index (χ0) is 13.8. The monoisotopic (exact) mass is 309 g/mol. The molecule has 19 heavy (non-hydrogen) atoms. The molecule has 1 aliphatic heterocycles. The molecule has 2 aliphatic rings. The van der Waals surface area contributed by atoms with E-state index in [2.05, 4.69) is 4.90 Å². The number of piperidine rings is 1. The molecule has 2 rings (SSSR count). The molecule has 1 N–H and O–H groups in total. The molecule has 0 spiro atoms. The van der Waals surface area contributed by atoms with Gasteiger partial charge in [0, 0.05) is 20.3 Å². The van der Waals surface area contributed by atoms with E-state index in [9.17, 15) is 5.11 Å². The largest absolute Gasteiger partial charge is 0.393 e. The van der Waals surface area contributed by atoms with Gasteiger partial charge in [-0.05, 0) is 50.6 Å². The summed E-state index contributed by atoms with van der Waals surface area (Å²) in [5.41, 5.74) is 0. The first-order valence-electron chi connectivity index (χ1n) is 7.27. The molecular formula is C14H25Cl2NO2. The number of halogens is 2. The van der Waals surface area contributed by atoms with Gasteiger partial charge in [-0.2, -0.15) is 0 Å². The normalized spacial score (nSPS) is 38.5. The maximum absolute atomic E-state index is 10.1. The standard InChI is InChI=1S/C14H25Cl2NO2/c1-19-9-10-2-4-17(5-3-10)8-11-6-12(15)13(16)7-14(11)18/h10-14,18H,2-9H2,1H3. The quantitative estimate of drug-likeness (QED) is 0.809. The second-order valence-electron chi connectivity index (χ2n) is 6.03. The van der Waals surface area contributed by atoms with Crippen LogP contribution in [0, 0.1) is 11.8 Å². The van der Waals surface area contributed by atoms with E-state index in [4.69, 9.17) is 27.9 Å². The van der Waals surface area contributed by atoms with Crippen molar-refractivity contribution >= 4 is 23.2 Å². The predicted octanol–water partition coefficient (Wildman–Crippen LogP) is 2.33. The number of alkyl halides is 2. The molecule has 1 saturated heterocycles. The number of rotatable bonds is 4. The van der Waals surface area contributed by atoms with Crippen molar-refractivity contribution in [1.82, 2.24) is 4.90 Å². The first-order chi connectivity index (χ1) is 9.10. The van der Waals surface area contributed by atoms with E-state index in [0.29, 0.717) is 12.3 Å². The molecular weight excluding hydrogens is 285 g/mol. The topological polar surface area (TPSA) is 32.7 Å². The minimum absolute atomic E-state index is 0.00102. The summed E-state index contributed by atoms with van der Waals surface area (Å²) in [7, 11) is 1.77. The summed E-state index contributed by atoms with van der Waals surface area (Å²) in [6.07, 6.45) is 3.54. The van der Waals surface area contributed by atoms with Crippen LogP contribution in [0.25, 0.3) is 0 Å². The van der Waals surface area contributed by atoms with Crippen molar-refractivity contribution in [3.8, 4) is 0 Å². The fourth-order valence-corrected chi connectivity index (χ4v) is 3.88. The van der Waals surface area contributed by atoms with Crippen molar-refractivity contribution < 1.29 is 9.84 Å². The fraction of sp³-hybridized carbons (Fsp3) is 1.00. The van der Waals surface area contributed by atoms with E-state index in [-0.39, 0.29) is 22.8 Å². The highest BCUT2D eigenvalue weighted by atomic mass is 35.5. The number of hydrogen-bond donors (Lipinski definition) is 1. The Balaban J connectivity index is 1.76. The minimum Gasteiger partial charge on any atom is -0.393 e. The van der Waals surface area contributed by atoms with Gasteiger partial charge in [-0.3, -0.25) is 0 Å². The fourth-order valence-electron chi connectivity index (χ4n) is 3.26. The lowest BCUT2D eigenvalue weighted by atomic mass is 9.85. The first kappa shape index (κ1) is 15.8. The number of likely N-dealkylation sites (tertiary alicyclic amines) is 1. The first-order valence-corrected chi connectivity index (χ1v) is 8.15. The lowest BCUT2D eigenvalue weighted by Gasteiger charge is -2.39. The molecule has 2 fully saturated rings. The van der Waals surface area contributed by atoms with Crippen LogP contribution in [0.15, 0.2) is 0 Å². The van der Waals surface area contributed by atoms with Crippen LogP contribution in [0.2, 0.25) is 0 Å². The molecule has 112 valence electrons. The molecule has 1 heterocycles. The molecule has 0 amide bonds. The summed E-state index contributed by atoms with van der Waals surface area (Å²) in [6.45, 7) is 4.04. The van der Waals surface area contributed by atoms with Crippen molar-refractivity contribution in [1.29, 1.82) is 0 Å². The Hall–Kier alpha value is 0.460. The number of ether oxygens (including phenoxy) is 1. The third-order valence-electron chi connectivity index (χ3n) is 4.53. The number of nitrogens with zero attached hydrogens (tertiary/aromatic N) is 1. The third kappa shape index (κ3) is 4.47. The second kappa shape index (κ2) is 7.46. The van der Waals surface area contributed by atoms with Crippen molar-refractivity contribution in [2.45, 2.75) is 42.5 Å². The molecule has 0 aromatic rings. The van der Waals surface area contributed by atoms with Crippen LogP contribution >= 0.6 is 23.2 Å². The van der Waals surface area contributed by atoms with Gasteiger partial charge >= 0.3 is 0 Å². The minimum atomic E-state index is -0.297. The summed E-state index contributed by atoms with van der Waals surface area (Å²) in [6, 6.07) is 0. The van der Waals surface area contributed by atoms with E-state index >= 15 is 0 Å². The lowest BCUT2D eigenvalue weighted by molar-refractivity contribution is 0.0341. The average Bonchev–Trinajstić information content (AvgIpc) is 2.38. The number of aliphatic hydroxyl groups is 1. The van der Waals surface area contributed by atoms with E-state index < -0.39 is 0 Å². The van der Waals surface area contributed by atoms with Crippen molar-refractivity contribution in [3.05, 3.63) is 0 Å². The van der Waals surface area contributed by atoms with Crippen LogP contribution in [0.5, 0.6) is 0 Å². The van der Waals surface area contributed by atoms with Gasteiger partial charge in [0.25, 0.3) is 0 Å². The van der Waals surface area contributed by atoms with Gasteiger partial charge in [0.1, 0.15) is 0 Å². The molecule has 1 aliphatic carbocycles. The molecule has 0 aromatic heterocycles. The van der Waals surface area contributed by atoms with Crippen LogP contribution in [-0.2, 0) is 4.74 Å². The van der Waals surface area contributed by atoms with Crippen LogP contribution in [0.4, 0.5) is 0 Å². The zero-order valence-corrected chi connectivity index (χ0v) is 13.1. The molecule has 0 bridgehead atoms. The molecule has 3 nitrogen and oxygen atoms in total. The third-order valence-corrected chi connectivity index (χ3v) is 5.63. The van der Waals surface area contributed by atoms with E-state index in [1.165, 1.54) is 12.8 Å². The number of aliphatic hydroxyl groups excluding tert-OH is 1. The average molecular weight is 310 g/mol. The predicted molar refractivity (Wildman–Crippen MR) is 79.1 cm³/mol. The number of hydrogen-bond acceptors (Lipinski definition) is 3.